The highest BCUT2D eigenvalue weighted by molar-refractivity contribution is 5.52. The molecule has 0 radical (unpaired) electrons. The maximum absolute atomic E-state index is 9.70. The van der Waals surface area contributed by atoms with E-state index in [-0.39, 0.29) is 11.5 Å². The summed E-state index contributed by atoms with van der Waals surface area (Å²) in [7, 11) is 0. The third-order valence-corrected chi connectivity index (χ3v) is 4.76. The Balaban J connectivity index is 1.83. The standard InChI is InChI=1S/C17H16O2/c18-15-6-5-11(9-16(15)19)13-10-17(7-8-17)14-4-2-1-3-12(13)14/h1-6,9,13,18-19H,7-8,10H2/t13-/m1/s1. The van der Waals surface area contributed by atoms with Crippen LogP contribution in [0.1, 0.15) is 41.9 Å². The van der Waals surface area contributed by atoms with Crippen molar-refractivity contribution in [3.05, 3.63) is 59.2 Å². The molecular weight excluding hydrogens is 236 g/mol. The molecule has 2 nitrogen and oxygen atoms in total. The first kappa shape index (κ1) is 10.9. The van der Waals surface area contributed by atoms with Crippen molar-refractivity contribution >= 4 is 0 Å². The van der Waals surface area contributed by atoms with Gasteiger partial charge in [0, 0.05) is 5.92 Å². The van der Waals surface area contributed by atoms with Gasteiger partial charge in [0.1, 0.15) is 0 Å². The first-order valence-corrected chi connectivity index (χ1v) is 6.81. The summed E-state index contributed by atoms with van der Waals surface area (Å²) in [5.74, 6) is 0.285. The van der Waals surface area contributed by atoms with Crippen molar-refractivity contribution < 1.29 is 10.2 Å². The lowest BCUT2D eigenvalue weighted by Crippen LogP contribution is -2.00. The summed E-state index contributed by atoms with van der Waals surface area (Å²) in [4.78, 5) is 0. The van der Waals surface area contributed by atoms with E-state index in [1.807, 2.05) is 6.07 Å². The van der Waals surface area contributed by atoms with Gasteiger partial charge in [-0.3, -0.25) is 0 Å². The molecular formula is C17H16O2. The molecule has 1 fully saturated rings. The summed E-state index contributed by atoms with van der Waals surface area (Å²) in [6, 6.07) is 13.9. The van der Waals surface area contributed by atoms with E-state index in [1.54, 1.807) is 12.1 Å². The van der Waals surface area contributed by atoms with E-state index >= 15 is 0 Å². The summed E-state index contributed by atoms with van der Waals surface area (Å²) in [6.45, 7) is 0. The van der Waals surface area contributed by atoms with Crippen LogP contribution >= 0.6 is 0 Å². The van der Waals surface area contributed by atoms with Crippen LogP contribution in [0.25, 0.3) is 0 Å². The number of benzene rings is 2. The van der Waals surface area contributed by atoms with Crippen molar-refractivity contribution in [2.45, 2.75) is 30.6 Å². The van der Waals surface area contributed by atoms with Crippen molar-refractivity contribution in [3.63, 3.8) is 0 Å². The van der Waals surface area contributed by atoms with Gasteiger partial charge >= 0.3 is 0 Å². The zero-order valence-corrected chi connectivity index (χ0v) is 10.6. The highest BCUT2D eigenvalue weighted by Crippen LogP contribution is 2.62. The van der Waals surface area contributed by atoms with Gasteiger partial charge in [-0.2, -0.15) is 0 Å². The minimum atomic E-state index is -0.0452. The van der Waals surface area contributed by atoms with Gasteiger partial charge < -0.3 is 10.2 Å². The predicted octanol–water partition coefficient (Wildman–Crippen LogP) is 3.67. The van der Waals surface area contributed by atoms with E-state index in [0.717, 1.165) is 12.0 Å². The molecule has 2 aliphatic carbocycles. The maximum Gasteiger partial charge on any atom is 0.157 e. The Hall–Kier alpha value is -1.96. The number of phenolic OH excluding ortho intramolecular Hbond substituents is 2. The fraction of sp³-hybridized carbons (Fsp3) is 0.294. The second-order valence-electron chi connectivity index (χ2n) is 5.87. The third kappa shape index (κ3) is 1.49. The van der Waals surface area contributed by atoms with E-state index in [2.05, 4.69) is 24.3 Å². The molecule has 0 saturated heterocycles. The summed E-state index contributed by atoms with van der Waals surface area (Å²) in [5.41, 5.74) is 4.39. The van der Waals surface area contributed by atoms with E-state index < -0.39 is 0 Å². The number of hydrogen-bond acceptors (Lipinski definition) is 2. The molecule has 1 spiro atoms. The first-order chi connectivity index (χ1) is 9.20. The molecule has 2 heteroatoms. The van der Waals surface area contributed by atoms with Crippen molar-refractivity contribution in [1.82, 2.24) is 0 Å². The number of aromatic hydroxyl groups is 2. The lowest BCUT2D eigenvalue weighted by molar-refractivity contribution is 0.402. The smallest absolute Gasteiger partial charge is 0.157 e. The number of rotatable bonds is 1. The van der Waals surface area contributed by atoms with Crippen LogP contribution < -0.4 is 0 Å². The highest BCUT2D eigenvalue weighted by Gasteiger charge is 2.52. The van der Waals surface area contributed by atoms with Crippen LogP contribution in [0.5, 0.6) is 11.5 Å². The molecule has 0 amide bonds. The summed E-state index contributed by atoms with van der Waals surface area (Å²) in [6.07, 6.45) is 3.70. The minimum absolute atomic E-state index is 0.0215. The van der Waals surface area contributed by atoms with Crippen molar-refractivity contribution in [1.29, 1.82) is 0 Å². The first-order valence-electron chi connectivity index (χ1n) is 6.81. The van der Waals surface area contributed by atoms with Crippen LogP contribution in [0.4, 0.5) is 0 Å². The molecule has 0 unspecified atom stereocenters. The monoisotopic (exact) mass is 252 g/mol. The quantitative estimate of drug-likeness (QED) is 0.760. The molecule has 96 valence electrons. The Kier molecular flexibility index (Phi) is 2.03. The summed E-state index contributed by atoms with van der Waals surface area (Å²) >= 11 is 0. The minimum Gasteiger partial charge on any atom is -0.504 e. The molecule has 0 aromatic heterocycles. The lowest BCUT2D eigenvalue weighted by Gasteiger charge is -2.13. The second-order valence-corrected chi connectivity index (χ2v) is 5.87. The van der Waals surface area contributed by atoms with Crippen LogP contribution in [-0.2, 0) is 5.41 Å². The van der Waals surface area contributed by atoms with Gasteiger partial charge in [-0.15, -0.1) is 0 Å². The van der Waals surface area contributed by atoms with Gasteiger partial charge in [-0.1, -0.05) is 30.3 Å². The lowest BCUT2D eigenvalue weighted by atomic mass is 9.92. The molecule has 0 aliphatic heterocycles. The Labute approximate surface area is 112 Å². The fourth-order valence-electron chi connectivity index (χ4n) is 3.57. The average Bonchev–Trinajstić information content (AvgIpc) is 3.12. The van der Waals surface area contributed by atoms with Crippen LogP contribution in [0.2, 0.25) is 0 Å². The van der Waals surface area contributed by atoms with Crippen LogP contribution in [-0.4, -0.2) is 10.2 Å². The van der Waals surface area contributed by atoms with E-state index in [9.17, 15) is 10.2 Å². The Morgan fingerprint density at radius 2 is 1.74 bits per heavy atom. The molecule has 2 aromatic carbocycles. The number of phenols is 2. The number of fused-ring (bicyclic) bond motifs is 2. The van der Waals surface area contributed by atoms with Gasteiger partial charge in [0.25, 0.3) is 0 Å². The van der Waals surface area contributed by atoms with Gasteiger partial charge in [-0.05, 0) is 53.5 Å². The van der Waals surface area contributed by atoms with E-state index in [0.29, 0.717) is 11.3 Å². The van der Waals surface area contributed by atoms with Gasteiger partial charge in [0.15, 0.2) is 11.5 Å². The predicted molar refractivity (Wildman–Crippen MR) is 73.6 cm³/mol. The summed E-state index contributed by atoms with van der Waals surface area (Å²) in [5, 5.41) is 19.2. The van der Waals surface area contributed by atoms with Crippen molar-refractivity contribution in [3.8, 4) is 11.5 Å². The van der Waals surface area contributed by atoms with Crippen LogP contribution in [0.15, 0.2) is 42.5 Å². The Morgan fingerprint density at radius 3 is 2.47 bits per heavy atom. The number of hydrogen-bond donors (Lipinski definition) is 2. The van der Waals surface area contributed by atoms with Gasteiger partial charge in [0.05, 0.1) is 0 Å². The molecule has 1 atom stereocenters. The molecule has 1 saturated carbocycles. The van der Waals surface area contributed by atoms with E-state index in [4.69, 9.17) is 0 Å². The van der Waals surface area contributed by atoms with Crippen molar-refractivity contribution in [2.24, 2.45) is 0 Å². The van der Waals surface area contributed by atoms with Gasteiger partial charge in [0.2, 0.25) is 0 Å². The maximum atomic E-state index is 9.70. The SMILES string of the molecule is Oc1ccc([C@H]2CC3(CC3)c3ccccc32)cc1O. The second kappa shape index (κ2) is 3.53. The fourth-order valence-corrected chi connectivity index (χ4v) is 3.57. The molecule has 0 bridgehead atoms. The average molecular weight is 252 g/mol. The third-order valence-electron chi connectivity index (χ3n) is 4.76. The zero-order valence-electron chi connectivity index (χ0n) is 10.6. The molecule has 2 aliphatic rings. The molecule has 2 N–H and O–H groups in total. The van der Waals surface area contributed by atoms with Crippen molar-refractivity contribution in [2.75, 3.05) is 0 Å². The Bertz CT molecular complexity index is 656. The largest absolute Gasteiger partial charge is 0.504 e. The molecule has 4 rings (SSSR count). The van der Waals surface area contributed by atoms with E-state index in [1.165, 1.54) is 24.0 Å². The molecule has 2 aromatic rings. The Morgan fingerprint density at radius 1 is 0.947 bits per heavy atom. The summed E-state index contributed by atoms with van der Waals surface area (Å²) < 4.78 is 0. The zero-order chi connectivity index (χ0) is 13.0. The van der Waals surface area contributed by atoms with Gasteiger partial charge in [-0.25, -0.2) is 0 Å². The molecule has 0 heterocycles. The van der Waals surface area contributed by atoms with Crippen LogP contribution in [0.3, 0.4) is 0 Å². The topological polar surface area (TPSA) is 40.5 Å². The highest BCUT2D eigenvalue weighted by atomic mass is 16.3. The normalized spacial score (nSPS) is 22.4. The van der Waals surface area contributed by atoms with Crippen LogP contribution in [0, 0.1) is 0 Å². The molecule has 19 heavy (non-hydrogen) atoms.